The lowest BCUT2D eigenvalue weighted by atomic mass is 10.1. The van der Waals surface area contributed by atoms with E-state index in [4.69, 9.17) is 14.2 Å². The fourth-order valence-corrected chi connectivity index (χ4v) is 3.75. The topological polar surface area (TPSA) is 65.1 Å². The van der Waals surface area contributed by atoms with Crippen LogP contribution in [0.25, 0.3) is 0 Å². The number of fused-ring (bicyclic) bond motifs is 1. The molecule has 1 atom stereocenters. The zero-order valence-corrected chi connectivity index (χ0v) is 13.8. The molecular formula is C16H19NO5S. The van der Waals surface area contributed by atoms with Crippen molar-refractivity contribution in [1.29, 1.82) is 0 Å². The highest BCUT2D eigenvalue weighted by molar-refractivity contribution is 8.00. The number of benzene rings is 1. The number of thioether (sulfide) groups is 1. The summed E-state index contributed by atoms with van der Waals surface area (Å²) in [6.45, 7) is 2.57. The highest BCUT2D eigenvalue weighted by Gasteiger charge is 2.37. The Kier molecular flexibility index (Phi) is 4.95. The van der Waals surface area contributed by atoms with Crippen LogP contribution in [0.15, 0.2) is 18.2 Å². The SMILES string of the molecule is CCCCOC(=O)CN1C(=O)CSC1c1cccc2c1OCO2. The molecule has 1 unspecified atom stereocenters. The second-order valence-corrected chi connectivity index (χ2v) is 6.41. The average Bonchev–Trinajstić information content (AvgIpc) is 3.15. The van der Waals surface area contributed by atoms with Gasteiger partial charge < -0.3 is 19.1 Å². The van der Waals surface area contributed by atoms with E-state index in [1.807, 2.05) is 25.1 Å². The lowest BCUT2D eigenvalue weighted by Gasteiger charge is -2.24. The second kappa shape index (κ2) is 7.12. The molecule has 2 aliphatic rings. The van der Waals surface area contributed by atoms with Crippen molar-refractivity contribution in [3.8, 4) is 11.5 Å². The minimum Gasteiger partial charge on any atom is -0.464 e. The number of hydrogen-bond acceptors (Lipinski definition) is 6. The number of esters is 1. The molecule has 7 heteroatoms. The van der Waals surface area contributed by atoms with Crippen molar-refractivity contribution in [2.75, 3.05) is 25.7 Å². The van der Waals surface area contributed by atoms with Crippen molar-refractivity contribution in [3.63, 3.8) is 0 Å². The Morgan fingerprint density at radius 1 is 1.43 bits per heavy atom. The molecule has 1 amide bonds. The maximum Gasteiger partial charge on any atom is 0.325 e. The second-order valence-electron chi connectivity index (χ2n) is 5.34. The molecule has 124 valence electrons. The van der Waals surface area contributed by atoms with Gasteiger partial charge in [-0.2, -0.15) is 0 Å². The smallest absolute Gasteiger partial charge is 0.325 e. The van der Waals surface area contributed by atoms with Crippen LogP contribution in [0.3, 0.4) is 0 Å². The van der Waals surface area contributed by atoms with E-state index in [0.29, 0.717) is 23.9 Å². The van der Waals surface area contributed by atoms with Gasteiger partial charge in [-0.05, 0) is 12.5 Å². The number of ether oxygens (including phenoxy) is 3. The van der Waals surface area contributed by atoms with Crippen molar-refractivity contribution in [3.05, 3.63) is 23.8 Å². The van der Waals surface area contributed by atoms with Crippen molar-refractivity contribution < 1.29 is 23.8 Å². The number of unbranched alkanes of at least 4 members (excludes halogenated alkanes) is 1. The first-order valence-corrected chi connectivity index (χ1v) is 8.70. The van der Waals surface area contributed by atoms with Gasteiger partial charge in [-0.15, -0.1) is 11.8 Å². The van der Waals surface area contributed by atoms with Gasteiger partial charge in [0.1, 0.15) is 11.9 Å². The van der Waals surface area contributed by atoms with E-state index in [-0.39, 0.29) is 30.6 Å². The quantitative estimate of drug-likeness (QED) is 0.586. The number of rotatable bonds is 6. The third kappa shape index (κ3) is 3.39. The first-order chi connectivity index (χ1) is 11.2. The summed E-state index contributed by atoms with van der Waals surface area (Å²) in [6.07, 6.45) is 1.79. The molecular weight excluding hydrogens is 318 g/mol. The summed E-state index contributed by atoms with van der Waals surface area (Å²) >= 11 is 1.48. The fraction of sp³-hybridized carbons (Fsp3) is 0.500. The maximum atomic E-state index is 12.1. The third-order valence-corrected chi connectivity index (χ3v) is 4.96. The summed E-state index contributed by atoms with van der Waals surface area (Å²) in [5.74, 6) is 1.24. The number of carbonyl (C=O) groups is 2. The summed E-state index contributed by atoms with van der Waals surface area (Å²) in [5.41, 5.74) is 0.859. The van der Waals surface area contributed by atoms with E-state index in [9.17, 15) is 9.59 Å². The Balaban J connectivity index is 1.73. The van der Waals surface area contributed by atoms with Crippen molar-refractivity contribution >= 4 is 23.6 Å². The molecule has 1 fully saturated rings. The van der Waals surface area contributed by atoms with E-state index < -0.39 is 0 Å². The first-order valence-electron chi connectivity index (χ1n) is 7.66. The lowest BCUT2D eigenvalue weighted by Crippen LogP contribution is -2.34. The number of nitrogens with zero attached hydrogens (tertiary/aromatic N) is 1. The maximum absolute atomic E-state index is 12.1. The molecule has 6 nitrogen and oxygen atoms in total. The van der Waals surface area contributed by atoms with E-state index in [1.54, 1.807) is 4.90 Å². The standard InChI is InChI=1S/C16H19NO5S/c1-2-3-7-20-14(19)8-17-13(18)9-23-16(17)11-5-4-6-12-15(11)22-10-21-12/h4-6,16H,2-3,7-10H2,1H3. The van der Waals surface area contributed by atoms with Gasteiger partial charge in [0.25, 0.3) is 0 Å². The lowest BCUT2D eigenvalue weighted by molar-refractivity contribution is -0.148. The van der Waals surface area contributed by atoms with Crippen LogP contribution in [0, 0.1) is 0 Å². The number of hydrogen-bond donors (Lipinski definition) is 0. The minimum atomic E-state index is -0.371. The van der Waals surface area contributed by atoms with E-state index in [0.717, 1.165) is 18.4 Å². The van der Waals surface area contributed by atoms with Crippen molar-refractivity contribution in [2.45, 2.75) is 25.1 Å². The van der Waals surface area contributed by atoms with Gasteiger partial charge in [-0.25, -0.2) is 0 Å². The van der Waals surface area contributed by atoms with Crippen molar-refractivity contribution in [2.24, 2.45) is 0 Å². The van der Waals surface area contributed by atoms with Crippen LogP contribution < -0.4 is 9.47 Å². The molecule has 0 N–H and O–H groups in total. The predicted molar refractivity (Wildman–Crippen MR) is 85.3 cm³/mol. The summed E-state index contributed by atoms with van der Waals surface area (Å²) < 4.78 is 16.1. The van der Waals surface area contributed by atoms with Crippen LogP contribution in [0.4, 0.5) is 0 Å². The molecule has 0 spiro atoms. The molecule has 0 radical (unpaired) electrons. The van der Waals surface area contributed by atoms with Crippen molar-refractivity contribution in [1.82, 2.24) is 4.90 Å². The Bertz CT molecular complexity index is 606. The van der Waals surface area contributed by atoms with E-state index in [1.165, 1.54) is 11.8 Å². The van der Waals surface area contributed by atoms with Crippen LogP contribution in [0.1, 0.15) is 30.7 Å². The Morgan fingerprint density at radius 3 is 3.13 bits per heavy atom. The van der Waals surface area contributed by atoms with Gasteiger partial charge in [0.2, 0.25) is 12.7 Å². The van der Waals surface area contributed by atoms with Gasteiger partial charge >= 0.3 is 5.97 Å². The molecule has 0 aromatic heterocycles. The van der Waals surface area contributed by atoms with Crippen LogP contribution in [0.2, 0.25) is 0 Å². The molecule has 0 bridgehead atoms. The molecule has 2 aliphatic heterocycles. The summed E-state index contributed by atoms with van der Waals surface area (Å²) in [7, 11) is 0. The normalized spacial score (nSPS) is 19.3. The third-order valence-electron chi connectivity index (χ3n) is 3.72. The average molecular weight is 337 g/mol. The van der Waals surface area contributed by atoms with E-state index in [2.05, 4.69) is 0 Å². The highest BCUT2D eigenvalue weighted by atomic mass is 32.2. The molecule has 1 aromatic carbocycles. The molecule has 1 aromatic rings. The van der Waals surface area contributed by atoms with Crippen LogP contribution in [0.5, 0.6) is 11.5 Å². The van der Waals surface area contributed by atoms with E-state index >= 15 is 0 Å². The highest BCUT2D eigenvalue weighted by Crippen LogP contribution is 2.46. The predicted octanol–water partition coefficient (Wildman–Crippen LogP) is 2.33. The molecule has 1 saturated heterocycles. The van der Waals surface area contributed by atoms with Gasteiger partial charge in [0, 0.05) is 5.56 Å². The number of carbonyl (C=O) groups excluding carboxylic acids is 2. The van der Waals surface area contributed by atoms with Gasteiger partial charge in [-0.1, -0.05) is 25.5 Å². The Morgan fingerprint density at radius 2 is 2.30 bits per heavy atom. The van der Waals surface area contributed by atoms with Gasteiger partial charge in [0.05, 0.1) is 12.4 Å². The summed E-state index contributed by atoms with van der Waals surface area (Å²) in [6, 6.07) is 5.60. The number of para-hydroxylation sites is 1. The molecule has 3 rings (SSSR count). The summed E-state index contributed by atoms with van der Waals surface area (Å²) in [4.78, 5) is 25.6. The zero-order chi connectivity index (χ0) is 16.2. The van der Waals surface area contributed by atoms with Gasteiger partial charge in [0.15, 0.2) is 11.5 Å². The number of amides is 1. The van der Waals surface area contributed by atoms with Crippen LogP contribution >= 0.6 is 11.8 Å². The first kappa shape index (κ1) is 16.0. The van der Waals surface area contributed by atoms with Crippen LogP contribution in [-0.4, -0.2) is 42.5 Å². The monoisotopic (exact) mass is 337 g/mol. The Hall–Kier alpha value is -1.89. The largest absolute Gasteiger partial charge is 0.464 e. The zero-order valence-electron chi connectivity index (χ0n) is 12.9. The molecule has 0 saturated carbocycles. The minimum absolute atomic E-state index is 0.0370. The van der Waals surface area contributed by atoms with Gasteiger partial charge in [-0.3, -0.25) is 9.59 Å². The molecule has 0 aliphatic carbocycles. The summed E-state index contributed by atoms with van der Waals surface area (Å²) in [5, 5.41) is -0.252. The van der Waals surface area contributed by atoms with Crippen LogP contribution in [-0.2, 0) is 14.3 Å². The fourth-order valence-electron chi connectivity index (χ4n) is 2.54. The molecule has 23 heavy (non-hydrogen) atoms. The molecule has 2 heterocycles. The Labute approximate surface area is 139 Å².